The van der Waals surface area contributed by atoms with Gasteiger partial charge in [-0.15, -0.1) is 0 Å². The average Bonchev–Trinajstić information content (AvgIpc) is 3.09. The van der Waals surface area contributed by atoms with Crippen LogP contribution in [0, 0.1) is 0 Å². The van der Waals surface area contributed by atoms with E-state index >= 15 is 0 Å². The summed E-state index contributed by atoms with van der Waals surface area (Å²) in [7, 11) is 0. The number of imidazole rings is 1. The highest BCUT2D eigenvalue weighted by Crippen LogP contribution is 2.23. The molecule has 0 radical (unpaired) electrons. The summed E-state index contributed by atoms with van der Waals surface area (Å²) in [6, 6.07) is 7.30. The number of benzene rings is 1. The second-order valence-corrected chi connectivity index (χ2v) is 7.77. The number of nitrogens with one attached hydrogen (secondary N) is 2. The number of carbonyl (C=O) groups is 2. The third-order valence-corrected chi connectivity index (χ3v) is 5.01. The molecule has 3 rings (SSSR count). The molecule has 0 fully saturated rings. The molecule has 0 saturated carbocycles. The summed E-state index contributed by atoms with van der Waals surface area (Å²) in [5.41, 5.74) is 1.83. The average molecular weight is 399 g/mol. The number of ether oxygens (including phenoxy) is 1. The summed E-state index contributed by atoms with van der Waals surface area (Å²) >= 11 is 0. The van der Waals surface area contributed by atoms with E-state index in [1.165, 1.54) is 0 Å². The highest BCUT2D eigenvalue weighted by Gasteiger charge is 2.27. The molecule has 1 aromatic heterocycles. The van der Waals surface area contributed by atoms with Gasteiger partial charge in [-0.2, -0.15) is 0 Å². The van der Waals surface area contributed by atoms with E-state index in [0.717, 1.165) is 37.1 Å². The maximum absolute atomic E-state index is 12.9. The van der Waals surface area contributed by atoms with Gasteiger partial charge in [-0.05, 0) is 70.7 Å². The SMILES string of the molecule is CCC(C)NC(=O)c1nc(C(=O)Nc2ccc(OC(C)C)cc2)c2n1CCCC2. The molecular formula is C22H30N4O3. The Labute approximate surface area is 171 Å². The molecule has 0 aliphatic carbocycles. The van der Waals surface area contributed by atoms with E-state index < -0.39 is 0 Å². The molecule has 29 heavy (non-hydrogen) atoms. The lowest BCUT2D eigenvalue weighted by molar-refractivity contribution is 0.0923. The van der Waals surface area contributed by atoms with Gasteiger partial charge in [-0.3, -0.25) is 9.59 Å². The van der Waals surface area contributed by atoms with E-state index in [1.807, 2.05) is 44.4 Å². The van der Waals surface area contributed by atoms with Crippen LogP contribution < -0.4 is 15.4 Å². The first-order chi connectivity index (χ1) is 13.9. The maximum atomic E-state index is 12.9. The summed E-state index contributed by atoms with van der Waals surface area (Å²) in [6.45, 7) is 8.61. The van der Waals surface area contributed by atoms with Gasteiger partial charge in [0.05, 0.1) is 11.8 Å². The van der Waals surface area contributed by atoms with Gasteiger partial charge < -0.3 is 19.9 Å². The van der Waals surface area contributed by atoms with Crippen LogP contribution in [-0.4, -0.2) is 33.5 Å². The molecule has 2 aromatic rings. The van der Waals surface area contributed by atoms with Crippen LogP contribution >= 0.6 is 0 Å². The summed E-state index contributed by atoms with van der Waals surface area (Å²) in [5.74, 6) is 0.555. The number of hydrogen-bond acceptors (Lipinski definition) is 4. The molecule has 1 atom stereocenters. The van der Waals surface area contributed by atoms with Gasteiger partial charge in [0.1, 0.15) is 5.75 Å². The normalized spacial score (nSPS) is 14.2. The van der Waals surface area contributed by atoms with Crippen LogP contribution in [0.4, 0.5) is 5.69 Å². The van der Waals surface area contributed by atoms with Gasteiger partial charge in [0.25, 0.3) is 11.8 Å². The van der Waals surface area contributed by atoms with Crippen molar-refractivity contribution in [2.45, 2.75) is 72.1 Å². The van der Waals surface area contributed by atoms with Crippen LogP contribution in [0.5, 0.6) is 5.75 Å². The minimum Gasteiger partial charge on any atom is -0.491 e. The number of hydrogen-bond donors (Lipinski definition) is 2. The van der Waals surface area contributed by atoms with Crippen LogP contribution in [0.25, 0.3) is 0 Å². The highest BCUT2D eigenvalue weighted by atomic mass is 16.5. The van der Waals surface area contributed by atoms with Gasteiger partial charge in [0.2, 0.25) is 0 Å². The number of nitrogens with zero attached hydrogens (tertiary/aromatic N) is 2. The van der Waals surface area contributed by atoms with E-state index in [9.17, 15) is 9.59 Å². The predicted octanol–water partition coefficient (Wildman–Crippen LogP) is 3.79. The molecule has 2 N–H and O–H groups in total. The van der Waals surface area contributed by atoms with Crippen molar-refractivity contribution in [3.05, 3.63) is 41.5 Å². The molecule has 0 saturated heterocycles. The Morgan fingerprint density at radius 1 is 1.14 bits per heavy atom. The van der Waals surface area contributed by atoms with Crippen molar-refractivity contribution in [3.8, 4) is 5.75 Å². The summed E-state index contributed by atoms with van der Waals surface area (Å²) in [6.07, 6.45) is 3.63. The molecule has 7 nitrogen and oxygen atoms in total. The topological polar surface area (TPSA) is 85.2 Å². The first kappa shape index (κ1) is 20.9. The minimum atomic E-state index is -0.296. The summed E-state index contributed by atoms with van der Waals surface area (Å²) in [4.78, 5) is 30.0. The zero-order chi connectivity index (χ0) is 21.0. The van der Waals surface area contributed by atoms with Crippen LogP contribution in [-0.2, 0) is 13.0 Å². The number of rotatable bonds is 7. The largest absolute Gasteiger partial charge is 0.491 e. The van der Waals surface area contributed by atoms with Crippen LogP contribution in [0.3, 0.4) is 0 Å². The van der Waals surface area contributed by atoms with Crippen molar-refractivity contribution >= 4 is 17.5 Å². The second-order valence-electron chi connectivity index (χ2n) is 7.77. The van der Waals surface area contributed by atoms with Gasteiger partial charge >= 0.3 is 0 Å². The monoisotopic (exact) mass is 398 g/mol. The zero-order valence-electron chi connectivity index (χ0n) is 17.6. The number of carbonyl (C=O) groups excluding carboxylic acids is 2. The molecule has 2 heterocycles. The first-order valence-corrected chi connectivity index (χ1v) is 10.4. The van der Waals surface area contributed by atoms with E-state index in [-0.39, 0.29) is 24.0 Å². The third kappa shape index (κ3) is 4.96. The fourth-order valence-electron chi connectivity index (χ4n) is 3.37. The summed E-state index contributed by atoms with van der Waals surface area (Å²) < 4.78 is 7.53. The maximum Gasteiger partial charge on any atom is 0.287 e. The second kappa shape index (κ2) is 9.11. The molecule has 1 aromatic carbocycles. The molecular weight excluding hydrogens is 368 g/mol. The Kier molecular flexibility index (Phi) is 6.56. The van der Waals surface area contributed by atoms with Gasteiger partial charge in [0, 0.05) is 18.3 Å². The van der Waals surface area contributed by atoms with Crippen molar-refractivity contribution in [1.29, 1.82) is 0 Å². The number of amides is 2. The fraction of sp³-hybridized carbons (Fsp3) is 0.500. The Morgan fingerprint density at radius 2 is 1.86 bits per heavy atom. The zero-order valence-corrected chi connectivity index (χ0v) is 17.6. The number of aromatic nitrogens is 2. The van der Waals surface area contributed by atoms with E-state index in [0.29, 0.717) is 23.8 Å². The van der Waals surface area contributed by atoms with Crippen LogP contribution in [0.15, 0.2) is 24.3 Å². The Bertz CT molecular complexity index is 871. The lowest BCUT2D eigenvalue weighted by Gasteiger charge is -2.18. The minimum absolute atomic E-state index is 0.0582. The van der Waals surface area contributed by atoms with E-state index in [1.54, 1.807) is 12.1 Å². The van der Waals surface area contributed by atoms with Crippen molar-refractivity contribution in [3.63, 3.8) is 0 Å². The number of anilines is 1. The molecule has 2 amide bonds. The van der Waals surface area contributed by atoms with Gasteiger partial charge in [0.15, 0.2) is 11.5 Å². The van der Waals surface area contributed by atoms with Crippen molar-refractivity contribution in [1.82, 2.24) is 14.9 Å². The van der Waals surface area contributed by atoms with Crippen molar-refractivity contribution in [2.75, 3.05) is 5.32 Å². The van der Waals surface area contributed by atoms with Gasteiger partial charge in [-0.1, -0.05) is 6.92 Å². The standard InChI is InChI=1S/C22H30N4O3/c1-5-15(4)23-22(28)20-25-19(18-8-6-7-13-26(18)20)21(27)24-16-9-11-17(12-10-16)29-14(2)3/h9-12,14-15H,5-8,13H2,1-4H3,(H,23,28)(H,24,27). The predicted molar refractivity (Wildman–Crippen MR) is 113 cm³/mol. The fourth-order valence-corrected chi connectivity index (χ4v) is 3.37. The molecule has 0 bridgehead atoms. The molecule has 7 heteroatoms. The lowest BCUT2D eigenvalue weighted by atomic mass is 10.1. The van der Waals surface area contributed by atoms with Crippen molar-refractivity contribution < 1.29 is 14.3 Å². The molecule has 156 valence electrons. The first-order valence-electron chi connectivity index (χ1n) is 10.4. The van der Waals surface area contributed by atoms with E-state index in [4.69, 9.17) is 4.74 Å². The molecule has 1 aliphatic heterocycles. The highest BCUT2D eigenvalue weighted by molar-refractivity contribution is 6.05. The quantitative estimate of drug-likeness (QED) is 0.743. The van der Waals surface area contributed by atoms with Gasteiger partial charge in [-0.25, -0.2) is 4.98 Å². The van der Waals surface area contributed by atoms with Crippen LogP contribution in [0.1, 0.15) is 73.8 Å². The Morgan fingerprint density at radius 3 is 2.52 bits per heavy atom. The third-order valence-electron chi connectivity index (χ3n) is 5.01. The Balaban J connectivity index is 1.80. The van der Waals surface area contributed by atoms with E-state index in [2.05, 4.69) is 15.6 Å². The molecule has 1 unspecified atom stereocenters. The summed E-state index contributed by atoms with van der Waals surface area (Å²) in [5, 5.41) is 5.84. The molecule has 0 spiro atoms. The lowest BCUT2D eigenvalue weighted by Crippen LogP contribution is -2.34. The smallest absolute Gasteiger partial charge is 0.287 e. The molecule has 1 aliphatic rings. The van der Waals surface area contributed by atoms with Crippen molar-refractivity contribution in [2.24, 2.45) is 0 Å². The van der Waals surface area contributed by atoms with Crippen LogP contribution in [0.2, 0.25) is 0 Å². The Hall–Kier alpha value is -2.83. The number of fused-ring (bicyclic) bond motifs is 1.